The van der Waals surface area contributed by atoms with Crippen LogP contribution < -0.4 is 10.6 Å². The molecule has 0 radical (unpaired) electrons. The number of hydrogen-bond acceptors (Lipinski definition) is 4. The highest BCUT2D eigenvalue weighted by atomic mass is 16.2. The maximum absolute atomic E-state index is 12.8. The Morgan fingerprint density at radius 2 is 1.93 bits per heavy atom. The molecule has 4 rings (SSSR count). The van der Waals surface area contributed by atoms with Gasteiger partial charge in [0.05, 0.1) is 17.1 Å². The van der Waals surface area contributed by atoms with Gasteiger partial charge in [0.25, 0.3) is 5.91 Å². The number of carbonyl (C=O) groups excluding carboxylic acids is 2. The van der Waals surface area contributed by atoms with E-state index in [4.69, 9.17) is 0 Å². The summed E-state index contributed by atoms with van der Waals surface area (Å²) in [5.41, 5.74) is 3.82. The Labute approximate surface area is 169 Å². The van der Waals surface area contributed by atoms with Crippen molar-refractivity contribution in [1.29, 1.82) is 0 Å². The summed E-state index contributed by atoms with van der Waals surface area (Å²) in [7, 11) is 0. The zero-order valence-electron chi connectivity index (χ0n) is 16.9. The average Bonchev–Trinajstić information content (AvgIpc) is 3.46. The van der Waals surface area contributed by atoms with Gasteiger partial charge in [0, 0.05) is 29.9 Å². The van der Waals surface area contributed by atoms with E-state index in [0.717, 1.165) is 40.8 Å². The van der Waals surface area contributed by atoms with Gasteiger partial charge in [-0.1, -0.05) is 12.1 Å². The monoisotopic (exact) mass is 391 g/mol. The summed E-state index contributed by atoms with van der Waals surface area (Å²) in [5.74, 6) is 0.106. The molecule has 2 aromatic heterocycles. The lowest BCUT2D eigenvalue weighted by atomic mass is 10.1. The average molecular weight is 391 g/mol. The Balaban J connectivity index is 1.45. The first-order valence-corrected chi connectivity index (χ1v) is 9.95. The van der Waals surface area contributed by atoms with Crippen LogP contribution in [0, 0.1) is 12.8 Å². The highest BCUT2D eigenvalue weighted by molar-refractivity contribution is 6.05. The molecule has 29 heavy (non-hydrogen) atoms. The first kappa shape index (κ1) is 19.1. The Bertz CT molecular complexity index is 1060. The van der Waals surface area contributed by atoms with Crippen molar-refractivity contribution >= 4 is 28.5 Å². The van der Waals surface area contributed by atoms with E-state index in [1.54, 1.807) is 12.3 Å². The molecule has 2 amide bonds. The molecule has 3 aromatic rings. The van der Waals surface area contributed by atoms with Crippen molar-refractivity contribution in [3.63, 3.8) is 0 Å². The van der Waals surface area contributed by atoms with Gasteiger partial charge in [0.1, 0.15) is 0 Å². The second-order valence-electron chi connectivity index (χ2n) is 7.87. The fraction of sp³-hybridized carbons (Fsp3) is 0.364. The van der Waals surface area contributed by atoms with Gasteiger partial charge >= 0.3 is 0 Å². The van der Waals surface area contributed by atoms with Crippen molar-refractivity contribution in [3.8, 4) is 0 Å². The summed E-state index contributed by atoms with van der Waals surface area (Å²) < 4.78 is 1.83. The lowest BCUT2D eigenvalue weighted by molar-refractivity contribution is -0.117. The summed E-state index contributed by atoms with van der Waals surface area (Å²) in [4.78, 5) is 29.2. The maximum Gasteiger partial charge on any atom is 0.252 e. The van der Waals surface area contributed by atoms with E-state index in [0.29, 0.717) is 12.1 Å². The molecule has 0 aliphatic heterocycles. The van der Waals surface area contributed by atoms with Gasteiger partial charge < -0.3 is 10.6 Å². The molecular weight excluding hydrogens is 366 g/mol. The lowest BCUT2D eigenvalue weighted by Gasteiger charge is -2.10. The van der Waals surface area contributed by atoms with Crippen molar-refractivity contribution in [1.82, 2.24) is 20.1 Å². The van der Waals surface area contributed by atoms with Crippen LogP contribution in [-0.4, -0.2) is 26.6 Å². The molecule has 1 aromatic carbocycles. The van der Waals surface area contributed by atoms with Crippen molar-refractivity contribution in [2.45, 2.75) is 46.2 Å². The van der Waals surface area contributed by atoms with Gasteiger partial charge in [0.15, 0.2) is 5.65 Å². The lowest BCUT2D eigenvalue weighted by Crippen LogP contribution is -2.23. The standard InChI is InChI=1S/C22H25N5O2/c1-13(2)27-20-19(12-24-27)18(10-14(3)25-20)22(29)23-11-15-4-8-17(9-5-15)26-21(28)16-6-7-16/h4-5,8-10,12-13,16H,6-7,11H2,1-3H3,(H,23,29)(H,26,28). The van der Waals surface area contributed by atoms with Gasteiger partial charge in [-0.05, 0) is 57.4 Å². The van der Waals surface area contributed by atoms with E-state index in [2.05, 4.69) is 20.7 Å². The van der Waals surface area contributed by atoms with Crippen LogP contribution in [-0.2, 0) is 11.3 Å². The quantitative estimate of drug-likeness (QED) is 0.672. The third kappa shape index (κ3) is 4.13. The van der Waals surface area contributed by atoms with E-state index in [9.17, 15) is 9.59 Å². The van der Waals surface area contributed by atoms with Gasteiger partial charge in [0.2, 0.25) is 5.91 Å². The summed E-state index contributed by atoms with van der Waals surface area (Å²) >= 11 is 0. The van der Waals surface area contributed by atoms with Crippen molar-refractivity contribution in [2.24, 2.45) is 5.92 Å². The summed E-state index contributed by atoms with van der Waals surface area (Å²) in [6.07, 6.45) is 3.66. The molecule has 0 saturated heterocycles. The van der Waals surface area contributed by atoms with E-state index in [1.165, 1.54) is 0 Å². The zero-order chi connectivity index (χ0) is 20.5. The minimum atomic E-state index is -0.157. The fourth-order valence-corrected chi connectivity index (χ4v) is 3.28. The molecule has 2 heterocycles. The van der Waals surface area contributed by atoms with E-state index >= 15 is 0 Å². The van der Waals surface area contributed by atoms with Crippen molar-refractivity contribution < 1.29 is 9.59 Å². The number of aryl methyl sites for hydroxylation is 1. The van der Waals surface area contributed by atoms with Crippen LogP contribution in [0.1, 0.15) is 54.3 Å². The van der Waals surface area contributed by atoms with Crippen LogP contribution in [0.5, 0.6) is 0 Å². The maximum atomic E-state index is 12.8. The highest BCUT2D eigenvalue weighted by Crippen LogP contribution is 2.30. The number of nitrogens with zero attached hydrogens (tertiary/aromatic N) is 3. The number of carbonyl (C=O) groups is 2. The molecule has 2 N–H and O–H groups in total. The summed E-state index contributed by atoms with van der Waals surface area (Å²) in [6.45, 7) is 6.35. The normalized spacial score (nSPS) is 13.7. The number of anilines is 1. The Kier molecular flexibility index (Phi) is 5.05. The van der Waals surface area contributed by atoms with Crippen LogP contribution in [0.15, 0.2) is 36.5 Å². The van der Waals surface area contributed by atoms with Gasteiger partial charge in [-0.25, -0.2) is 9.67 Å². The topological polar surface area (TPSA) is 88.9 Å². The second-order valence-corrected chi connectivity index (χ2v) is 7.87. The van der Waals surface area contributed by atoms with Gasteiger partial charge in [-0.3, -0.25) is 9.59 Å². The van der Waals surface area contributed by atoms with Crippen LogP contribution in [0.3, 0.4) is 0 Å². The first-order valence-electron chi connectivity index (χ1n) is 9.95. The zero-order valence-corrected chi connectivity index (χ0v) is 16.9. The number of aromatic nitrogens is 3. The highest BCUT2D eigenvalue weighted by Gasteiger charge is 2.29. The smallest absolute Gasteiger partial charge is 0.252 e. The largest absolute Gasteiger partial charge is 0.348 e. The summed E-state index contributed by atoms with van der Waals surface area (Å²) in [6, 6.07) is 9.50. The Hall–Kier alpha value is -3.22. The van der Waals surface area contributed by atoms with Crippen molar-refractivity contribution in [3.05, 3.63) is 53.3 Å². The van der Waals surface area contributed by atoms with E-state index < -0.39 is 0 Å². The molecular formula is C22H25N5O2. The molecule has 150 valence electrons. The van der Waals surface area contributed by atoms with E-state index in [1.807, 2.05) is 49.7 Å². The molecule has 1 fully saturated rings. The predicted molar refractivity (Wildman–Crippen MR) is 112 cm³/mol. The van der Waals surface area contributed by atoms with Gasteiger partial charge in [-0.2, -0.15) is 5.10 Å². The minimum absolute atomic E-state index is 0.0880. The van der Waals surface area contributed by atoms with Crippen LogP contribution in [0.25, 0.3) is 11.0 Å². The molecule has 0 bridgehead atoms. The number of pyridine rings is 1. The van der Waals surface area contributed by atoms with Gasteiger partial charge in [-0.15, -0.1) is 0 Å². The number of fused-ring (bicyclic) bond motifs is 1. The molecule has 7 heteroatoms. The van der Waals surface area contributed by atoms with Crippen LogP contribution in [0.4, 0.5) is 5.69 Å². The number of hydrogen-bond donors (Lipinski definition) is 2. The number of nitrogens with one attached hydrogen (secondary N) is 2. The molecule has 0 unspecified atom stereocenters. The van der Waals surface area contributed by atoms with Crippen molar-refractivity contribution in [2.75, 3.05) is 5.32 Å². The molecule has 0 spiro atoms. The third-order valence-corrected chi connectivity index (χ3v) is 5.05. The molecule has 7 nitrogen and oxygen atoms in total. The Morgan fingerprint density at radius 1 is 1.21 bits per heavy atom. The molecule has 1 aliphatic rings. The Morgan fingerprint density at radius 3 is 2.59 bits per heavy atom. The number of amides is 2. The SMILES string of the molecule is Cc1cc(C(=O)NCc2ccc(NC(=O)C3CC3)cc2)c2cnn(C(C)C)c2n1. The number of benzene rings is 1. The fourth-order valence-electron chi connectivity index (χ4n) is 3.28. The third-order valence-electron chi connectivity index (χ3n) is 5.05. The first-order chi connectivity index (χ1) is 13.9. The minimum Gasteiger partial charge on any atom is -0.348 e. The van der Waals surface area contributed by atoms with Crippen LogP contribution in [0.2, 0.25) is 0 Å². The predicted octanol–water partition coefficient (Wildman–Crippen LogP) is 3.60. The van der Waals surface area contributed by atoms with Crippen LogP contribution >= 0.6 is 0 Å². The number of rotatable bonds is 6. The molecule has 0 atom stereocenters. The summed E-state index contributed by atoms with van der Waals surface area (Å²) in [5, 5.41) is 11.0. The molecule has 1 saturated carbocycles. The molecule has 1 aliphatic carbocycles. The second kappa shape index (κ2) is 7.66. The van der Waals surface area contributed by atoms with E-state index in [-0.39, 0.29) is 23.8 Å².